The number of benzene rings is 1. The molecular weight excluding hydrogens is 428 g/mol. The van der Waals surface area contributed by atoms with E-state index in [-0.39, 0.29) is 23.2 Å². The number of aryl methyl sites for hydroxylation is 2. The first-order valence-corrected chi connectivity index (χ1v) is 12.5. The molecule has 8 nitrogen and oxygen atoms in total. The van der Waals surface area contributed by atoms with Crippen molar-refractivity contribution in [3.63, 3.8) is 0 Å². The second-order valence-electron chi connectivity index (χ2n) is 10.2. The van der Waals surface area contributed by atoms with Crippen molar-refractivity contribution in [1.82, 2.24) is 30.1 Å². The first kappa shape index (κ1) is 24.5. The lowest BCUT2D eigenvalue weighted by atomic mass is 10.0. The minimum absolute atomic E-state index is 0.0290. The van der Waals surface area contributed by atoms with Gasteiger partial charge in [-0.25, -0.2) is 4.68 Å². The molecule has 4 rings (SSSR count). The Morgan fingerprint density at radius 2 is 2.03 bits per heavy atom. The highest BCUT2D eigenvalue weighted by Crippen LogP contribution is 2.30. The van der Waals surface area contributed by atoms with Crippen LogP contribution >= 0.6 is 0 Å². The average Bonchev–Trinajstić information content (AvgIpc) is 3.50. The molecule has 184 valence electrons. The summed E-state index contributed by atoms with van der Waals surface area (Å²) in [7, 11) is 0. The molecule has 3 heterocycles. The van der Waals surface area contributed by atoms with Gasteiger partial charge < -0.3 is 9.72 Å². The number of hydrogen-bond acceptors (Lipinski definition) is 6. The SMILES string of the molecule is CC[C@H](c1nnnn1C(C)(C)CC)N(Cc1cc2c(C)ccc(C)c2[nH]c1=O)C[C@@H]1CCCO1. The molecule has 1 aliphatic heterocycles. The van der Waals surface area contributed by atoms with Gasteiger partial charge in [-0.1, -0.05) is 26.0 Å². The molecule has 2 atom stereocenters. The van der Waals surface area contributed by atoms with Crippen LogP contribution in [0.1, 0.15) is 81.9 Å². The van der Waals surface area contributed by atoms with Gasteiger partial charge in [0.1, 0.15) is 0 Å². The third-order valence-corrected chi connectivity index (χ3v) is 7.41. The second-order valence-corrected chi connectivity index (χ2v) is 10.2. The van der Waals surface area contributed by atoms with Crippen LogP contribution in [0.2, 0.25) is 0 Å². The molecule has 2 aromatic heterocycles. The van der Waals surface area contributed by atoms with E-state index in [1.54, 1.807) is 0 Å². The highest BCUT2D eigenvalue weighted by Gasteiger charge is 2.32. The highest BCUT2D eigenvalue weighted by molar-refractivity contribution is 5.85. The van der Waals surface area contributed by atoms with Crippen LogP contribution in [-0.2, 0) is 16.8 Å². The quantitative estimate of drug-likeness (QED) is 0.503. The van der Waals surface area contributed by atoms with Crippen LogP contribution in [-0.4, -0.2) is 49.3 Å². The van der Waals surface area contributed by atoms with Crippen LogP contribution in [0, 0.1) is 13.8 Å². The maximum absolute atomic E-state index is 13.2. The lowest BCUT2D eigenvalue weighted by Crippen LogP contribution is -2.39. The van der Waals surface area contributed by atoms with Crippen molar-refractivity contribution in [3.05, 3.63) is 51.1 Å². The highest BCUT2D eigenvalue weighted by atomic mass is 16.5. The molecule has 34 heavy (non-hydrogen) atoms. The van der Waals surface area contributed by atoms with Gasteiger partial charge in [-0.2, -0.15) is 0 Å². The molecule has 0 amide bonds. The molecule has 0 aliphatic carbocycles. The van der Waals surface area contributed by atoms with Crippen LogP contribution < -0.4 is 5.56 Å². The van der Waals surface area contributed by atoms with Gasteiger partial charge in [0.2, 0.25) is 0 Å². The average molecular weight is 467 g/mol. The number of pyridine rings is 1. The number of fused-ring (bicyclic) bond motifs is 1. The first-order valence-electron chi connectivity index (χ1n) is 12.5. The summed E-state index contributed by atoms with van der Waals surface area (Å²) in [4.78, 5) is 18.7. The Labute approximate surface area is 201 Å². The molecule has 1 fully saturated rings. The van der Waals surface area contributed by atoms with Gasteiger partial charge in [-0.3, -0.25) is 9.69 Å². The fourth-order valence-corrected chi connectivity index (χ4v) is 4.89. The number of aromatic amines is 1. The van der Waals surface area contributed by atoms with Gasteiger partial charge in [-0.15, -0.1) is 5.10 Å². The zero-order chi connectivity index (χ0) is 24.5. The van der Waals surface area contributed by atoms with E-state index in [9.17, 15) is 4.79 Å². The number of hydrogen-bond donors (Lipinski definition) is 1. The summed E-state index contributed by atoms with van der Waals surface area (Å²) in [5.41, 5.74) is 3.67. The summed E-state index contributed by atoms with van der Waals surface area (Å²) < 4.78 is 7.96. The fourth-order valence-electron chi connectivity index (χ4n) is 4.89. The molecule has 0 unspecified atom stereocenters. The minimum Gasteiger partial charge on any atom is -0.377 e. The van der Waals surface area contributed by atoms with Crippen molar-refractivity contribution in [2.24, 2.45) is 0 Å². The number of nitrogens with zero attached hydrogens (tertiary/aromatic N) is 5. The normalized spacial score (nSPS) is 17.7. The maximum atomic E-state index is 13.2. The Balaban J connectivity index is 1.75. The number of ether oxygens (including phenoxy) is 1. The van der Waals surface area contributed by atoms with E-state index in [0.717, 1.165) is 72.3 Å². The second kappa shape index (κ2) is 9.96. The monoisotopic (exact) mass is 466 g/mol. The molecule has 1 N–H and O–H groups in total. The molecule has 0 radical (unpaired) electrons. The molecule has 1 aliphatic rings. The molecule has 0 saturated carbocycles. The van der Waals surface area contributed by atoms with Crippen LogP contribution in [0.25, 0.3) is 10.9 Å². The van der Waals surface area contributed by atoms with E-state index in [4.69, 9.17) is 4.74 Å². The van der Waals surface area contributed by atoms with Crippen LogP contribution in [0.15, 0.2) is 23.0 Å². The van der Waals surface area contributed by atoms with Crippen molar-refractivity contribution >= 4 is 10.9 Å². The standard InChI is InChI=1S/C26H38N6O2/c1-7-22(24-28-29-30-32(24)26(5,6)8-2)31(16-20-10-9-13-34-20)15-19-14-21-17(3)11-12-18(4)23(21)27-25(19)33/h11-12,14,20,22H,7-10,13,15-16H2,1-6H3,(H,27,33)/t20-,22+/m0/s1. The molecule has 8 heteroatoms. The van der Waals surface area contributed by atoms with E-state index in [0.29, 0.717) is 6.54 Å². The Morgan fingerprint density at radius 3 is 2.71 bits per heavy atom. The van der Waals surface area contributed by atoms with Crippen LogP contribution in [0.5, 0.6) is 0 Å². The van der Waals surface area contributed by atoms with Gasteiger partial charge in [0.05, 0.1) is 23.2 Å². The Morgan fingerprint density at radius 1 is 1.26 bits per heavy atom. The van der Waals surface area contributed by atoms with Crippen molar-refractivity contribution in [1.29, 1.82) is 0 Å². The number of tetrazole rings is 1. The molecule has 1 aromatic carbocycles. The first-order chi connectivity index (χ1) is 16.2. The van der Waals surface area contributed by atoms with Crippen molar-refractivity contribution in [2.75, 3.05) is 13.2 Å². The van der Waals surface area contributed by atoms with Gasteiger partial charge >= 0.3 is 0 Å². The zero-order valence-electron chi connectivity index (χ0n) is 21.4. The number of rotatable bonds is 9. The lowest BCUT2D eigenvalue weighted by molar-refractivity contribution is 0.0475. The van der Waals surface area contributed by atoms with Crippen LogP contribution in [0.3, 0.4) is 0 Å². The van der Waals surface area contributed by atoms with Crippen molar-refractivity contribution < 1.29 is 4.74 Å². The summed E-state index contributed by atoms with van der Waals surface area (Å²) in [5.74, 6) is 0.844. The third kappa shape index (κ3) is 4.79. The summed E-state index contributed by atoms with van der Waals surface area (Å²) in [6.07, 6.45) is 4.00. The Hall–Kier alpha value is -2.58. The lowest BCUT2D eigenvalue weighted by Gasteiger charge is -2.34. The molecule has 3 aromatic rings. The predicted molar refractivity (Wildman–Crippen MR) is 134 cm³/mol. The molecular formula is C26H38N6O2. The van der Waals surface area contributed by atoms with Gasteiger partial charge in [-0.05, 0) is 81.0 Å². The maximum Gasteiger partial charge on any atom is 0.252 e. The van der Waals surface area contributed by atoms with E-state index >= 15 is 0 Å². The number of nitrogens with one attached hydrogen (secondary N) is 1. The van der Waals surface area contributed by atoms with E-state index in [1.807, 2.05) is 11.6 Å². The Bertz CT molecular complexity index is 1190. The fraction of sp³-hybridized carbons (Fsp3) is 0.615. The van der Waals surface area contributed by atoms with Crippen molar-refractivity contribution in [2.45, 2.75) is 91.5 Å². The van der Waals surface area contributed by atoms with E-state index < -0.39 is 0 Å². The van der Waals surface area contributed by atoms with E-state index in [2.05, 4.69) is 78.2 Å². The number of aromatic nitrogens is 5. The smallest absolute Gasteiger partial charge is 0.252 e. The summed E-state index contributed by atoms with van der Waals surface area (Å²) in [6, 6.07) is 6.20. The van der Waals surface area contributed by atoms with E-state index in [1.165, 1.54) is 0 Å². The molecule has 0 spiro atoms. The largest absolute Gasteiger partial charge is 0.377 e. The summed E-state index contributed by atoms with van der Waals surface area (Å²) in [5, 5.41) is 14.0. The number of H-pyrrole nitrogens is 1. The van der Waals surface area contributed by atoms with Gasteiger partial charge in [0.15, 0.2) is 5.82 Å². The van der Waals surface area contributed by atoms with Crippen molar-refractivity contribution in [3.8, 4) is 0 Å². The van der Waals surface area contributed by atoms with Crippen LogP contribution in [0.4, 0.5) is 0 Å². The third-order valence-electron chi connectivity index (χ3n) is 7.41. The van der Waals surface area contributed by atoms with Gasteiger partial charge in [0, 0.05) is 30.6 Å². The predicted octanol–water partition coefficient (Wildman–Crippen LogP) is 4.41. The zero-order valence-corrected chi connectivity index (χ0v) is 21.4. The topological polar surface area (TPSA) is 88.9 Å². The minimum atomic E-state index is -0.198. The summed E-state index contributed by atoms with van der Waals surface area (Å²) in [6.45, 7) is 14.8. The molecule has 0 bridgehead atoms. The molecule has 1 saturated heterocycles. The van der Waals surface area contributed by atoms with Gasteiger partial charge in [0.25, 0.3) is 5.56 Å². The summed E-state index contributed by atoms with van der Waals surface area (Å²) >= 11 is 0. The Kier molecular flexibility index (Phi) is 7.19.